The van der Waals surface area contributed by atoms with E-state index in [1.54, 1.807) is 0 Å². The van der Waals surface area contributed by atoms with Crippen LogP contribution in [0.3, 0.4) is 0 Å². The Bertz CT molecular complexity index is 121. The van der Waals surface area contributed by atoms with E-state index in [9.17, 15) is 4.79 Å². The number of carboxylic acids is 1. The molecule has 0 aliphatic rings. The lowest BCUT2D eigenvalue weighted by atomic mass is 10.1. The van der Waals surface area contributed by atoms with Crippen LogP contribution in [0.4, 0.5) is 0 Å². The average molecular weight is 170 g/mol. The number of hydrogen-bond acceptors (Lipinski definition) is 2. The Morgan fingerprint density at radius 2 is 1.75 bits per heavy atom. The number of aliphatic carboxylic acids is 1. The monoisotopic (exact) mass is 170 g/mol. The van der Waals surface area contributed by atoms with Crippen molar-refractivity contribution in [3.63, 3.8) is 0 Å². The van der Waals surface area contributed by atoms with E-state index in [0.717, 1.165) is 12.8 Å². The highest BCUT2D eigenvalue weighted by atomic mass is 16.4. The fraction of sp³-hybridized carbons (Fsp3) is 0.778. The third kappa shape index (κ3) is 16.0. The number of carboxylic acid groups (broad SMARTS) is 1. The van der Waals surface area contributed by atoms with E-state index in [0.29, 0.717) is 6.42 Å². The van der Waals surface area contributed by atoms with Gasteiger partial charge >= 0.3 is 5.97 Å². The van der Waals surface area contributed by atoms with Crippen molar-refractivity contribution in [2.24, 2.45) is 0 Å². The summed E-state index contributed by atoms with van der Waals surface area (Å²) in [7, 11) is 0. The maximum Gasteiger partial charge on any atom is 0.303 e. The third-order valence-corrected chi connectivity index (χ3v) is 1.49. The van der Waals surface area contributed by atoms with Gasteiger partial charge in [0.1, 0.15) is 0 Å². The molecule has 1 N–H and O–H groups in total. The quantitative estimate of drug-likeness (QED) is 0.492. The van der Waals surface area contributed by atoms with Gasteiger partial charge < -0.3 is 16.9 Å². The van der Waals surface area contributed by atoms with Gasteiger partial charge in [-0.2, -0.15) is 0 Å². The van der Waals surface area contributed by atoms with Crippen LogP contribution in [-0.2, 0) is 4.79 Å². The summed E-state index contributed by atoms with van der Waals surface area (Å²) in [5.74, 6) is -0.670. The molecular formula is C9H16NO2-. The summed E-state index contributed by atoms with van der Waals surface area (Å²) >= 11 is 0. The molecule has 0 spiro atoms. The molecule has 0 aliphatic heterocycles. The van der Waals surface area contributed by atoms with Gasteiger partial charge in [-0.1, -0.05) is 32.6 Å². The Kier molecular flexibility index (Phi) is 14.2. The number of carbonyl (C=O) groups is 1. The number of rotatable bonds is 6. The standard InChI is InChI=1S/C8H16O2.CN/c1-2-3-4-5-6-7-8(9)10;1-2/h2-7H2,1H3,(H,9,10);/q;-1. The summed E-state index contributed by atoms with van der Waals surface area (Å²) in [5.41, 5.74) is 0. The number of hydrogen-bond donors (Lipinski definition) is 1. The van der Waals surface area contributed by atoms with Crippen LogP contribution in [0.2, 0.25) is 0 Å². The van der Waals surface area contributed by atoms with Gasteiger partial charge in [-0.25, -0.2) is 0 Å². The van der Waals surface area contributed by atoms with Crippen LogP contribution in [0.5, 0.6) is 0 Å². The van der Waals surface area contributed by atoms with Crippen LogP contribution in [0.15, 0.2) is 0 Å². The van der Waals surface area contributed by atoms with Crippen molar-refractivity contribution >= 4 is 5.97 Å². The van der Waals surface area contributed by atoms with Crippen molar-refractivity contribution in [2.45, 2.75) is 45.4 Å². The van der Waals surface area contributed by atoms with Gasteiger partial charge in [0.05, 0.1) is 0 Å². The van der Waals surface area contributed by atoms with Crippen molar-refractivity contribution in [3.05, 3.63) is 6.57 Å². The van der Waals surface area contributed by atoms with Crippen LogP contribution < -0.4 is 0 Å². The summed E-state index contributed by atoms with van der Waals surface area (Å²) in [5, 5.41) is 14.5. The molecule has 3 nitrogen and oxygen atoms in total. The van der Waals surface area contributed by atoms with Gasteiger partial charge in [-0.3, -0.25) is 4.79 Å². The molecule has 0 fully saturated rings. The van der Waals surface area contributed by atoms with E-state index in [-0.39, 0.29) is 0 Å². The molecule has 0 heterocycles. The first-order valence-corrected chi connectivity index (χ1v) is 4.21. The first-order chi connectivity index (χ1) is 5.77. The molecule has 0 saturated heterocycles. The molecule has 0 radical (unpaired) electrons. The average Bonchev–Trinajstić information content (AvgIpc) is 2.07. The first-order valence-electron chi connectivity index (χ1n) is 4.21. The van der Waals surface area contributed by atoms with Gasteiger partial charge in [-0.05, 0) is 6.42 Å². The van der Waals surface area contributed by atoms with Gasteiger partial charge in [-0.15, -0.1) is 0 Å². The second-order valence-electron chi connectivity index (χ2n) is 2.56. The molecule has 0 bridgehead atoms. The topological polar surface area (TPSA) is 61.1 Å². The Morgan fingerprint density at radius 3 is 2.17 bits per heavy atom. The van der Waals surface area contributed by atoms with Crippen molar-refractivity contribution in [1.82, 2.24) is 0 Å². The number of unbranched alkanes of at least 4 members (excludes halogenated alkanes) is 4. The molecule has 0 rings (SSSR count). The lowest BCUT2D eigenvalue weighted by molar-refractivity contribution is -0.137. The van der Waals surface area contributed by atoms with Crippen molar-refractivity contribution in [1.29, 1.82) is 5.26 Å². The van der Waals surface area contributed by atoms with Crippen LogP contribution in [0, 0.1) is 11.8 Å². The summed E-state index contributed by atoms with van der Waals surface area (Å²) < 4.78 is 0. The van der Waals surface area contributed by atoms with E-state index in [1.165, 1.54) is 19.3 Å². The molecule has 0 aromatic carbocycles. The second kappa shape index (κ2) is 12.6. The minimum atomic E-state index is -0.670. The molecule has 3 heteroatoms. The summed E-state index contributed by atoms with van der Waals surface area (Å²) in [6, 6.07) is 0. The molecule has 12 heavy (non-hydrogen) atoms. The highest BCUT2D eigenvalue weighted by Crippen LogP contribution is 2.04. The highest BCUT2D eigenvalue weighted by molar-refractivity contribution is 5.66. The maximum atomic E-state index is 10.0. The number of nitrogens with zero attached hydrogens (tertiary/aromatic N) is 1. The SMILES string of the molecule is CCCCCCCC(=O)O.[C-]#N. The van der Waals surface area contributed by atoms with E-state index in [4.69, 9.17) is 16.9 Å². The van der Waals surface area contributed by atoms with E-state index in [1.807, 2.05) is 0 Å². The van der Waals surface area contributed by atoms with Crippen molar-refractivity contribution < 1.29 is 9.90 Å². The van der Waals surface area contributed by atoms with E-state index >= 15 is 0 Å². The van der Waals surface area contributed by atoms with Gasteiger partial charge in [0.25, 0.3) is 0 Å². The normalized spacial score (nSPS) is 8.25. The zero-order chi connectivity index (χ0) is 9.82. The molecular weight excluding hydrogens is 154 g/mol. The van der Waals surface area contributed by atoms with Crippen LogP contribution in [0.25, 0.3) is 0 Å². The van der Waals surface area contributed by atoms with Gasteiger partial charge in [0, 0.05) is 6.42 Å². The molecule has 0 aromatic heterocycles. The zero-order valence-corrected chi connectivity index (χ0v) is 7.55. The Hall–Kier alpha value is -1.04. The van der Waals surface area contributed by atoms with Gasteiger partial charge in [0.15, 0.2) is 0 Å². The van der Waals surface area contributed by atoms with Crippen LogP contribution >= 0.6 is 0 Å². The van der Waals surface area contributed by atoms with Crippen LogP contribution in [0.1, 0.15) is 45.4 Å². The largest absolute Gasteiger partial charge is 0.512 e. The smallest absolute Gasteiger partial charge is 0.303 e. The van der Waals surface area contributed by atoms with Crippen molar-refractivity contribution in [2.75, 3.05) is 0 Å². The fourth-order valence-electron chi connectivity index (χ4n) is 0.880. The Labute approximate surface area is 74.0 Å². The van der Waals surface area contributed by atoms with Crippen molar-refractivity contribution in [3.8, 4) is 0 Å². The minimum absolute atomic E-state index is 0.337. The lowest BCUT2D eigenvalue weighted by Crippen LogP contribution is -1.93. The molecule has 0 unspecified atom stereocenters. The third-order valence-electron chi connectivity index (χ3n) is 1.49. The predicted molar refractivity (Wildman–Crippen MR) is 46.0 cm³/mol. The molecule has 0 aliphatic carbocycles. The summed E-state index contributed by atoms with van der Waals surface area (Å²) in [6.07, 6.45) is 5.88. The van der Waals surface area contributed by atoms with E-state index < -0.39 is 5.97 Å². The first kappa shape index (κ1) is 13.5. The molecule has 0 saturated carbocycles. The molecule has 0 amide bonds. The Balaban J connectivity index is 0. The second-order valence-corrected chi connectivity index (χ2v) is 2.56. The molecule has 0 atom stereocenters. The molecule has 0 aromatic rings. The summed E-state index contributed by atoms with van der Waals surface area (Å²) in [4.78, 5) is 10.0. The maximum absolute atomic E-state index is 10.0. The van der Waals surface area contributed by atoms with Gasteiger partial charge in [0.2, 0.25) is 0 Å². The Morgan fingerprint density at radius 1 is 1.25 bits per heavy atom. The van der Waals surface area contributed by atoms with E-state index in [2.05, 4.69) is 6.92 Å². The van der Waals surface area contributed by atoms with Crippen LogP contribution in [-0.4, -0.2) is 11.1 Å². The fourth-order valence-corrected chi connectivity index (χ4v) is 0.880. The molecule has 70 valence electrons. The lowest BCUT2D eigenvalue weighted by Gasteiger charge is -1.95. The minimum Gasteiger partial charge on any atom is -0.512 e. The highest BCUT2D eigenvalue weighted by Gasteiger charge is 1.94. The zero-order valence-electron chi connectivity index (χ0n) is 7.55. The summed E-state index contributed by atoms with van der Waals surface area (Å²) in [6.45, 7) is 6.90. The predicted octanol–water partition coefficient (Wildman–Crippen LogP) is 2.53.